The summed E-state index contributed by atoms with van der Waals surface area (Å²) in [5, 5.41) is 8.57. The third-order valence-corrected chi connectivity index (χ3v) is 5.24. The summed E-state index contributed by atoms with van der Waals surface area (Å²) in [7, 11) is 0. The molecule has 0 fully saturated rings. The fourth-order valence-electron chi connectivity index (χ4n) is 3.61. The summed E-state index contributed by atoms with van der Waals surface area (Å²) in [6, 6.07) is 8.50. The zero-order valence-electron chi connectivity index (χ0n) is 18.1. The summed E-state index contributed by atoms with van der Waals surface area (Å²) in [6.45, 7) is 9.98. The average molecular weight is 399 g/mol. The molecule has 0 unspecified atom stereocenters. The highest BCUT2D eigenvalue weighted by Crippen LogP contribution is 2.35. The molecule has 4 nitrogen and oxygen atoms in total. The molecule has 0 radical (unpaired) electrons. The van der Waals surface area contributed by atoms with E-state index in [0.717, 1.165) is 63.8 Å². The first kappa shape index (κ1) is 21.4. The Morgan fingerprint density at radius 2 is 2.07 bits per heavy atom. The molecule has 1 heterocycles. The first-order valence-corrected chi connectivity index (χ1v) is 10.6. The molecule has 0 aliphatic rings. The number of H-pyrrole nitrogens is 1. The molecular formula is C26H30N4. The Morgan fingerprint density at radius 1 is 1.23 bits per heavy atom. The Morgan fingerprint density at radius 3 is 2.80 bits per heavy atom. The van der Waals surface area contributed by atoms with Crippen molar-refractivity contribution in [1.29, 1.82) is 5.41 Å². The van der Waals surface area contributed by atoms with Gasteiger partial charge in [-0.15, -0.1) is 0 Å². The van der Waals surface area contributed by atoms with Crippen molar-refractivity contribution in [3.8, 4) is 11.1 Å². The van der Waals surface area contributed by atoms with Crippen LogP contribution < -0.4 is 0 Å². The van der Waals surface area contributed by atoms with Gasteiger partial charge in [0.1, 0.15) is 0 Å². The number of aromatic amines is 1. The van der Waals surface area contributed by atoms with Gasteiger partial charge in [0.25, 0.3) is 0 Å². The topological polar surface area (TPSA) is 64.9 Å². The van der Waals surface area contributed by atoms with Gasteiger partial charge in [-0.05, 0) is 55.0 Å². The Hall–Kier alpha value is -3.27. The molecule has 30 heavy (non-hydrogen) atoms. The van der Waals surface area contributed by atoms with E-state index in [4.69, 9.17) is 5.41 Å². The van der Waals surface area contributed by atoms with Crippen LogP contribution in [0.1, 0.15) is 49.8 Å². The minimum atomic E-state index is 0.634. The Balaban J connectivity index is 2.20. The maximum Gasteiger partial charge on any atom is 0.0967 e. The lowest BCUT2D eigenvalue weighted by atomic mass is 9.91. The van der Waals surface area contributed by atoms with Gasteiger partial charge in [-0.2, -0.15) is 0 Å². The predicted molar refractivity (Wildman–Crippen MR) is 129 cm³/mol. The number of nitrogens with one attached hydrogen (secondary N) is 2. The number of rotatable bonds is 9. The fourth-order valence-corrected chi connectivity index (χ4v) is 3.61. The van der Waals surface area contributed by atoms with E-state index < -0.39 is 0 Å². The molecule has 154 valence electrons. The molecule has 2 aromatic carbocycles. The minimum Gasteiger partial charge on any atom is -0.344 e. The van der Waals surface area contributed by atoms with Crippen LogP contribution in [0.25, 0.3) is 22.2 Å². The van der Waals surface area contributed by atoms with Gasteiger partial charge in [-0.25, -0.2) is 4.98 Å². The zero-order valence-corrected chi connectivity index (χ0v) is 18.1. The number of allylic oxidation sites excluding steroid dienone is 3. The molecule has 0 spiro atoms. The molecular weight excluding hydrogens is 368 g/mol. The van der Waals surface area contributed by atoms with Crippen LogP contribution in [0.15, 0.2) is 60.4 Å². The summed E-state index contributed by atoms with van der Waals surface area (Å²) in [6.07, 6.45) is 13.3. The monoisotopic (exact) mass is 398 g/mol. The van der Waals surface area contributed by atoms with Gasteiger partial charge < -0.3 is 10.4 Å². The highest BCUT2D eigenvalue weighted by molar-refractivity contribution is 6.11. The Bertz CT molecular complexity index is 1120. The fraction of sp³-hybridized carbons (Fsp3) is 0.269. The van der Waals surface area contributed by atoms with Crippen LogP contribution in [-0.2, 0) is 6.42 Å². The van der Waals surface area contributed by atoms with Crippen LogP contribution in [0.4, 0.5) is 5.69 Å². The number of aliphatic imine (C=N–C) groups is 1. The summed E-state index contributed by atoms with van der Waals surface area (Å²) in [4.78, 5) is 12.4. The summed E-state index contributed by atoms with van der Waals surface area (Å²) < 4.78 is 0. The largest absolute Gasteiger partial charge is 0.344 e. The molecule has 0 saturated heterocycles. The summed E-state index contributed by atoms with van der Waals surface area (Å²) in [5.41, 5.74) is 8.77. The molecule has 0 saturated carbocycles. The second kappa shape index (κ2) is 9.97. The number of imidazole rings is 1. The first-order chi connectivity index (χ1) is 14.6. The number of hydrogen-bond donors (Lipinski definition) is 2. The number of fused-ring (bicyclic) bond motifs is 1. The van der Waals surface area contributed by atoms with E-state index in [1.54, 1.807) is 18.6 Å². The van der Waals surface area contributed by atoms with Gasteiger partial charge >= 0.3 is 0 Å². The van der Waals surface area contributed by atoms with Crippen LogP contribution in [0.5, 0.6) is 0 Å². The quantitative estimate of drug-likeness (QED) is 0.293. The van der Waals surface area contributed by atoms with Crippen LogP contribution in [-0.4, -0.2) is 21.9 Å². The van der Waals surface area contributed by atoms with Gasteiger partial charge in [0.15, 0.2) is 0 Å². The van der Waals surface area contributed by atoms with Crippen molar-refractivity contribution in [2.45, 2.75) is 46.5 Å². The lowest BCUT2D eigenvalue weighted by molar-refractivity contribution is 0.953. The van der Waals surface area contributed by atoms with Crippen molar-refractivity contribution < 1.29 is 0 Å². The van der Waals surface area contributed by atoms with E-state index in [1.165, 1.54) is 0 Å². The highest BCUT2D eigenvalue weighted by atomic mass is 14.9. The number of aryl methyl sites for hydroxylation is 1. The van der Waals surface area contributed by atoms with Gasteiger partial charge in [-0.3, -0.25) is 4.99 Å². The lowest BCUT2D eigenvalue weighted by Gasteiger charge is -2.14. The number of aromatic nitrogens is 2. The van der Waals surface area contributed by atoms with Crippen molar-refractivity contribution in [2.24, 2.45) is 4.99 Å². The normalized spacial score (nSPS) is 11.7. The van der Waals surface area contributed by atoms with Gasteiger partial charge in [0.05, 0.1) is 23.0 Å². The Kier molecular flexibility index (Phi) is 7.12. The van der Waals surface area contributed by atoms with Crippen molar-refractivity contribution in [3.05, 3.63) is 72.1 Å². The van der Waals surface area contributed by atoms with E-state index in [0.29, 0.717) is 12.1 Å². The van der Waals surface area contributed by atoms with Crippen molar-refractivity contribution in [3.63, 3.8) is 0 Å². The molecule has 0 amide bonds. The molecule has 0 aliphatic heterocycles. The van der Waals surface area contributed by atoms with Crippen molar-refractivity contribution >= 4 is 28.6 Å². The van der Waals surface area contributed by atoms with Crippen molar-refractivity contribution in [1.82, 2.24) is 9.97 Å². The third kappa shape index (κ3) is 4.48. The van der Waals surface area contributed by atoms with E-state index in [2.05, 4.69) is 71.8 Å². The molecule has 0 atom stereocenters. The van der Waals surface area contributed by atoms with E-state index >= 15 is 0 Å². The number of nitrogens with zero attached hydrogens (tertiary/aromatic N) is 2. The van der Waals surface area contributed by atoms with Gasteiger partial charge in [0.2, 0.25) is 0 Å². The molecule has 3 rings (SSSR count). The zero-order chi connectivity index (χ0) is 21.5. The van der Waals surface area contributed by atoms with Crippen LogP contribution in [0, 0.1) is 12.3 Å². The SMILES string of the molecule is C=CC=Nc1cc(-c2cc(C/C=C/CCC)c(C(=N)CC)c3[nH]cnc23)ccc1C. The molecule has 4 heteroatoms. The summed E-state index contributed by atoms with van der Waals surface area (Å²) >= 11 is 0. The third-order valence-electron chi connectivity index (χ3n) is 5.24. The van der Waals surface area contributed by atoms with E-state index in [1.807, 2.05) is 6.92 Å². The second-order valence-corrected chi connectivity index (χ2v) is 7.40. The maximum absolute atomic E-state index is 8.57. The molecule has 0 aliphatic carbocycles. The van der Waals surface area contributed by atoms with E-state index in [-0.39, 0.29) is 0 Å². The van der Waals surface area contributed by atoms with Gasteiger partial charge in [0, 0.05) is 23.1 Å². The predicted octanol–water partition coefficient (Wildman–Crippen LogP) is 7.10. The standard InChI is InChI=1S/C26H30N4/c1-5-8-9-10-11-20-15-21(19-13-12-18(4)23(16-19)28-14-6-2)25-26(30-17-29-25)24(20)22(27)7-3/h6,9-10,12-17,27H,2,5,7-8,11H2,1,3-4H3,(H,29,30)/b10-9+,27-22?,28-14?. The van der Waals surface area contributed by atoms with Crippen LogP contribution in [0.3, 0.4) is 0 Å². The number of hydrogen-bond acceptors (Lipinski definition) is 3. The van der Waals surface area contributed by atoms with Gasteiger partial charge in [-0.1, -0.05) is 57.2 Å². The van der Waals surface area contributed by atoms with Crippen LogP contribution in [0.2, 0.25) is 0 Å². The highest BCUT2D eigenvalue weighted by Gasteiger charge is 2.18. The maximum atomic E-state index is 8.57. The van der Waals surface area contributed by atoms with E-state index in [9.17, 15) is 0 Å². The number of benzene rings is 2. The number of unbranched alkanes of at least 4 members (excludes halogenated alkanes) is 1. The Labute approximate surface area is 179 Å². The minimum absolute atomic E-state index is 0.634. The lowest BCUT2D eigenvalue weighted by Crippen LogP contribution is -2.05. The molecule has 2 N–H and O–H groups in total. The summed E-state index contributed by atoms with van der Waals surface area (Å²) in [5.74, 6) is 0. The molecule has 3 aromatic rings. The smallest absolute Gasteiger partial charge is 0.0967 e. The average Bonchev–Trinajstić information content (AvgIpc) is 3.24. The molecule has 0 bridgehead atoms. The second-order valence-electron chi connectivity index (χ2n) is 7.40. The first-order valence-electron chi connectivity index (χ1n) is 10.6. The van der Waals surface area contributed by atoms with Crippen molar-refractivity contribution in [2.75, 3.05) is 0 Å². The van der Waals surface area contributed by atoms with Crippen LogP contribution >= 0.6 is 0 Å². The molecule has 1 aromatic heterocycles.